The van der Waals surface area contributed by atoms with E-state index in [1.807, 2.05) is 0 Å². The first-order valence-electron chi connectivity index (χ1n) is 5.01. The molecule has 0 fully saturated rings. The number of aromatic hydroxyl groups is 1. The molecule has 1 unspecified atom stereocenters. The first kappa shape index (κ1) is 12.3. The molecule has 1 aromatic carbocycles. The van der Waals surface area contributed by atoms with E-state index >= 15 is 0 Å². The summed E-state index contributed by atoms with van der Waals surface area (Å²) in [7, 11) is 0. The Morgan fingerprint density at radius 1 is 1.47 bits per heavy atom. The smallest absolute Gasteiger partial charge is 0.134 e. The van der Waals surface area contributed by atoms with Crippen molar-refractivity contribution < 1.29 is 10.2 Å². The highest BCUT2D eigenvalue weighted by Crippen LogP contribution is 2.26. The van der Waals surface area contributed by atoms with Crippen LogP contribution in [0.2, 0.25) is 5.02 Å². The molecule has 3 N–H and O–H groups in total. The van der Waals surface area contributed by atoms with Gasteiger partial charge in [-0.05, 0) is 30.7 Å². The van der Waals surface area contributed by atoms with E-state index in [-0.39, 0.29) is 18.4 Å². The van der Waals surface area contributed by atoms with Crippen LogP contribution in [0.5, 0.6) is 5.75 Å². The van der Waals surface area contributed by atoms with Gasteiger partial charge in [0, 0.05) is 0 Å². The van der Waals surface area contributed by atoms with E-state index in [9.17, 15) is 10.2 Å². The van der Waals surface area contributed by atoms with Crippen molar-refractivity contribution in [2.45, 2.75) is 19.4 Å². The molecular formula is C11H16ClNO2. The molecule has 3 nitrogen and oxygen atoms in total. The Labute approximate surface area is 94.7 Å². The quantitative estimate of drug-likeness (QED) is 0.725. The highest BCUT2D eigenvalue weighted by molar-refractivity contribution is 6.32. The molecule has 0 bridgehead atoms. The Hall–Kier alpha value is -0.770. The zero-order valence-corrected chi connectivity index (χ0v) is 9.46. The minimum absolute atomic E-state index is 0.0150. The van der Waals surface area contributed by atoms with E-state index in [2.05, 4.69) is 12.2 Å². The topological polar surface area (TPSA) is 52.5 Å². The number of hydrogen-bond acceptors (Lipinski definition) is 3. The summed E-state index contributed by atoms with van der Waals surface area (Å²) < 4.78 is 0. The van der Waals surface area contributed by atoms with Gasteiger partial charge in [0.05, 0.1) is 17.7 Å². The summed E-state index contributed by atoms with van der Waals surface area (Å²) in [6.45, 7) is 2.91. The molecule has 0 aliphatic carbocycles. The number of aliphatic hydroxyl groups is 1. The first-order chi connectivity index (χ1) is 7.19. The Kier molecular flexibility index (Phi) is 4.88. The van der Waals surface area contributed by atoms with Gasteiger partial charge >= 0.3 is 0 Å². The minimum Gasteiger partial charge on any atom is -0.506 e. The molecule has 0 radical (unpaired) electrons. The van der Waals surface area contributed by atoms with Gasteiger partial charge in [-0.2, -0.15) is 0 Å². The second kappa shape index (κ2) is 5.95. The van der Waals surface area contributed by atoms with Crippen molar-refractivity contribution in [2.75, 3.05) is 13.2 Å². The van der Waals surface area contributed by atoms with E-state index in [1.54, 1.807) is 12.1 Å². The summed E-state index contributed by atoms with van der Waals surface area (Å²) >= 11 is 5.79. The van der Waals surface area contributed by atoms with Crippen molar-refractivity contribution in [3.05, 3.63) is 28.8 Å². The van der Waals surface area contributed by atoms with Gasteiger partial charge in [-0.25, -0.2) is 0 Å². The molecule has 0 amide bonds. The van der Waals surface area contributed by atoms with Crippen LogP contribution in [0.25, 0.3) is 0 Å². The lowest BCUT2D eigenvalue weighted by molar-refractivity contribution is 0.245. The monoisotopic (exact) mass is 229 g/mol. The average molecular weight is 230 g/mol. The van der Waals surface area contributed by atoms with Crippen molar-refractivity contribution in [3.63, 3.8) is 0 Å². The molecule has 0 aliphatic heterocycles. The van der Waals surface area contributed by atoms with Gasteiger partial charge in [-0.3, -0.25) is 0 Å². The summed E-state index contributed by atoms with van der Waals surface area (Å²) in [6, 6.07) is 4.84. The summed E-state index contributed by atoms with van der Waals surface area (Å²) in [5, 5.41) is 22.0. The SMILES string of the molecule is CCCNC(CO)c1ccc(O)c(Cl)c1. The molecule has 0 aliphatic rings. The van der Waals surface area contributed by atoms with Gasteiger partial charge in [0.2, 0.25) is 0 Å². The molecule has 1 atom stereocenters. The van der Waals surface area contributed by atoms with Crippen LogP contribution in [0, 0.1) is 0 Å². The van der Waals surface area contributed by atoms with Crippen LogP contribution in [-0.4, -0.2) is 23.4 Å². The van der Waals surface area contributed by atoms with Crippen LogP contribution >= 0.6 is 11.6 Å². The Balaban J connectivity index is 2.78. The molecule has 0 saturated carbocycles. The Morgan fingerprint density at radius 2 is 2.20 bits per heavy atom. The maximum Gasteiger partial charge on any atom is 0.134 e. The zero-order chi connectivity index (χ0) is 11.3. The fraction of sp³-hybridized carbons (Fsp3) is 0.455. The molecule has 84 valence electrons. The second-order valence-corrected chi connectivity index (χ2v) is 3.81. The van der Waals surface area contributed by atoms with Crippen LogP contribution in [0.3, 0.4) is 0 Å². The Bertz CT molecular complexity index is 317. The number of nitrogens with one attached hydrogen (secondary N) is 1. The van der Waals surface area contributed by atoms with E-state index in [1.165, 1.54) is 6.07 Å². The van der Waals surface area contributed by atoms with E-state index in [4.69, 9.17) is 11.6 Å². The number of phenolic OH excluding ortho intramolecular Hbond substituents is 1. The fourth-order valence-electron chi connectivity index (χ4n) is 1.35. The van der Waals surface area contributed by atoms with Crippen LogP contribution in [0.1, 0.15) is 24.9 Å². The summed E-state index contributed by atoms with van der Waals surface area (Å²) in [5.74, 6) is 0.0626. The third kappa shape index (κ3) is 3.38. The molecule has 1 aromatic rings. The van der Waals surface area contributed by atoms with Crippen molar-refractivity contribution in [1.82, 2.24) is 5.32 Å². The summed E-state index contributed by atoms with van der Waals surface area (Å²) in [6.07, 6.45) is 1.00. The van der Waals surface area contributed by atoms with E-state index in [0.29, 0.717) is 5.02 Å². The number of phenols is 1. The zero-order valence-electron chi connectivity index (χ0n) is 8.70. The van der Waals surface area contributed by atoms with Crippen LogP contribution in [0.15, 0.2) is 18.2 Å². The molecule has 0 saturated heterocycles. The molecule has 0 heterocycles. The van der Waals surface area contributed by atoms with Gasteiger partial charge in [-0.1, -0.05) is 24.6 Å². The maximum atomic E-state index is 9.26. The minimum atomic E-state index is -0.122. The van der Waals surface area contributed by atoms with Gasteiger partial charge in [0.1, 0.15) is 5.75 Å². The number of rotatable bonds is 5. The second-order valence-electron chi connectivity index (χ2n) is 3.40. The third-order valence-electron chi connectivity index (χ3n) is 2.20. The van der Waals surface area contributed by atoms with Crippen LogP contribution in [-0.2, 0) is 0 Å². The number of hydrogen-bond donors (Lipinski definition) is 3. The summed E-state index contributed by atoms with van der Waals surface area (Å²) in [5.41, 5.74) is 0.883. The van der Waals surface area contributed by atoms with Gasteiger partial charge in [0.15, 0.2) is 0 Å². The van der Waals surface area contributed by atoms with Crippen molar-refractivity contribution >= 4 is 11.6 Å². The standard InChI is InChI=1S/C11H16ClNO2/c1-2-5-13-10(7-14)8-3-4-11(15)9(12)6-8/h3-4,6,10,13-15H,2,5,7H2,1H3. The largest absolute Gasteiger partial charge is 0.506 e. The van der Waals surface area contributed by atoms with Crippen molar-refractivity contribution in [1.29, 1.82) is 0 Å². The van der Waals surface area contributed by atoms with E-state index < -0.39 is 0 Å². The predicted molar refractivity (Wildman–Crippen MR) is 61.2 cm³/mol. The van der Waals surface area contributed by atoms with Crippen LogP contribution in [0.4, 0.5) is 0 Å². The molecular weight excluding hydrogens is 214 g/mol. The van der Waals surface area contributed by atoms with Gasteiger partial charge in [-0.15, -0.1) is 0 Å². The highest BCUT2D eigenvalue weighted by Gasteiger charge is 2.10. The first-order valence-corrected chi connectivity index (χ1v) is 5.39. The third-order valence-corrected chi connectivity index (χ3v) is 2.50. The molecule has 15 heavy (non-hydrogen) atoms. The number of halogens is 1. The van der Waals surface area contributed by atoms with Crippen molar-refractivity contribution in [2.24, 2.45) is 0 Å². The molecule has 1 rings (SSSR count). The number of benzene rings is 1. The normalized spacial score (nSPS) is 12.7. The lowest BCUT2D eigenvalue weighted by Crippen LogP contribution is -2.24. The lowest BCUT2D eigenvalue weighted by Gasteiger charge is -2.16. The lowest BCUT2D eigenvalue weighted by atomic mass is 10.1. The molecule has 4 heteroatoms. The molecule has 0 aromatic heterocycles. The fourth-order valence-corrected chi connectivity index (χ4v) is 1.54. The summed E-state index contributed by atoms with van der Waals surface area (Å²) in [4.78, 5) is 0. The van der Waals surface area contributed by atoms with Crippen molar-refractivity contribution in [3.8, 4) is 5.75 Å². The van der Waals surface area contributed by atoms with E-state index in [0.717, 1.165) is 18.5 Å². The highest BCUT2D eigenvalue weighted by atomic mass is 35.5. The maximum absolute atomic E-state index is 9.26. The van der Waals surface area contributed by atoms with Gasteiger partial charge in [0.25, 0.3) is 0 Å². The average Bonchev–Trinajstić information content (AvgIpc) is 2.24. The van der Waals surface area contributed by atoms with Gasteiger partial charge < -0.3 is 15.5 Å². The predicted octanol–water partition coefficient (Wildman–Crippen LogP) is 2.08. The van der Waals surface area contributed by atoms with Crippen LogP contribution < -0.4 is 5.32 Å². The number of aliphatic hydroxyl groups excluding tert-OH is 1. The Morgan fingerprint density at radius 3 is 2.73 bits per heavy atom. The molecule has 0 spiro atoms.